The number of rotatable bonds is 4. The summed E-state index contributed by atoms with van der Waals surface area (Å²) in [5, 5.41) is 0. The minimum atomic E-state index is 0.128. The Kier molecular flexibility index (Phi) is 7.17. The van der Waals surface area contributed by atoms with Crippen molar-refractivity contribution in [1.82, 2.24) is 15.0 Å². The van der Waals surface area contributed by atoms with Gasteiger partial charge in [0.1, 0.15) is 17.3 Å². The van der Waals surface area contributed by atoms with Crippen LogP contribution >= 0.6 is 0 Å². The predicted octanol–water partition coefficient (Wildman–Crippen LogP) is 4.31. The van der Waals surface area contributed by atoms with Crippen LogP contribution in [0.1, 0.15) is 37.9 Å². The minimum absolute atomic E-state index is 0.128. The molecular weight excluding hydrogens is 414 g/mol. The number of anilines is 2. The summed E-state index contributed by atoms with van der Waals surface area (Å²) in [6.07, 6.45) is 5.26. The van der Waals surface area contributed by atoms with Crippen LogP contribution in [0.2, 0.25) is 0 Å². The van der Waals surface area contributed by atoms with E-state index in [0.717, 1.165) is 54.4 Å². The summed E-state index contributed by atoms with van der Waals surface area (Å²) in [7, 11) is 1.64. The molecule has 172 valence electrons. The number of methoxy groups -OCH3 is 1. The van der Waals surface area contributed by atoms with Gasteiger partial charge in [-0.2, -0.15) is 0 Å². The monoisotopic (exact) mass is 445 g/mol. The highest BCUT2D eigenvalue weighted by molar-refractivity contribution is 5.94. The van der Waals surface area contributed by atoms with E-state index in [-0.39, 0.29) is 5.91 Å². The van der Waals surface area contributed by atoms with Gasteiger partial charge in [0.2, 0.25) is 5.91 Å². The van der Waals surface area contributed by atoms with E-state index in [0.29, 0.717) is 25.3 Å². The van der Waals surface area contributed by atoms with Crippen molar-refractivity contribution in [3.63, 3.8) is 0 Å². The molecule has 3 aromatic rings. The van der Waals surface area contributed by atoms with Gasteiger partial charge < -0.3 is 14.5 Å². The number of amides is 1. The largest absolute Gasteiger partial charge is 0.497 e. The number of carbonyl (C=O) groups excluding carboxylic acids is 1. The average Bonchev–Trinajstić information content (AvgIpc) is 3.28. The Morgan fingerprint density at radius 1 is 0.909 bits per heavy atom. The van der Waals surface area contributed by atoms with Crippen LogP contribution < -0.4 is 14.5 Å². The smallest absolute Gasteiger partial charge is 0.228 e. The number of carbonyl (C=O) groups is 1. The van der Waals surface area contributed by atoms with Crippen LogP contribution in [0.3, 0.4) is 0 Å². The lowest BCUT2D eigenvalue weighted by Gasteiger charge is -2.25. The summed E-state index contributed by atoms with van der Waals surface area (Å²) < 4.78 is 5.24. The van der Waals surface area contributed by atoms with E-state index in [1.807, 2.05) is 61.2 Å². The molecule has 0 saturated carbocycles. The lowest BCUT2D eigenvalue weighted by molar-refractivity contribution is -0.118. The molecule has 0 radical (unpaired) electrons. The number of hydrogen-bond donors (Lipinski definition) is 0. The molecule has 7 heteroatoms. The molecule has 1 saturated heterocycles. The van der Waals surface area contributed by atoms with Crippen LogP contribution in [0.4, 0.5) is 11.5 Å². The van der Waals surface area contributed by atoms with Gasteiger partial charge in [-0.3, -0.25) is 9.78 Å². The van der Waals surface area contributed by atoms with Crippen molar-refractivity contribution in [2.24, 2.45) is 0 Å². The van der Waals surface area contributed by atoms with Crippen molar-refractivity contribution in [3.8, 4) is 17.3 Å². The lowest BCUT2D eigenvalue weighted by Crippen LogP contribution is -2.33. The molecule has 0 unspecified atom stereocenters. The summed E-state index contributed by atoms with van der Waals surface area (Å²) >= 11 is 0. The Balaban J connectivity index is 0.00000126. The number of hydrogen-bond acceptors (Lipinski definition) is 6. The van der Waals surface area contributed by atoms with E-state index in [4.69, 9.17) is 14.7 Å². The van der Waals surface area contributed by atoms with Crippen LogP contribution in [0.15, 0.2) is 48.7 Å². The van der Waals surface area contributed by atoms with E-state index >= 15 is 0 Å². The Morgan fingerprint density at radius 3 is 2.45 bits per heavy atom. The summed E-state index contributed by atoms with van der Waals surface area (Å²) in [6.45, 7) is 5.99. The second-order valence-electron chi connectivity index (χ2n) is 7.85. The van der Waals surface area contributed by atoms with Gasteiger partial charge in [0.15, 0.2) is 5.82 Å². The predicted molar refractivity (Wildman–Crippen MR) is 131 cm³/mol. The van der Waals surface area contributed by atoms with Crippen LogP contribution in [0.5, 0.6) is 5.75 Å². The summed E-state index contributed by atoms with van der Waals surface area (Å²) in [5.41, 5.74) is 4.03. The quantitative estimate of drug-likeness (QED) is 0.596. The van der Waals surface area contributed by atoms with E-state index < -0.39 is 0 Å². The van der Waals surface area contributed by atoms with Crippen LogP contribution in [-0.4, -0.2) is 47.6 Å². The van der Waals surface area contributed by atoms with Crippen LogP contribution in [0.25, 0.3) is 11.5 Å². The van der Waals surface area contributed by atoms with Crippen molar-refractivity contribution in [2.45, 2.75) is 39.5 Å². The maximum atomic E-state index is 12.9. The first-order valence-electron chi connectivity index (χ1n) is 11.7. The van der Waals surface area contributed by atoms with Crippen LogP contribution in [0, 0.1) is 0 Å². The SMILES string of the molecule is CC.COc1ccc(N2CCN(c3nc(-c4ccccn4)nc4c3CCC4)CCC2=O)cc1. The molecule has 7 nitrogen and oxygen atoms in total. The maximum absolute atomic E-state index is 12.9. The van der Waals surface area contributed by atoms with Gasteiger partial charge in [-0.1, -0.05) is 19.9 Å². The minimum Gasteiger partial charge on any atom is -0.497 e. The molecule has 1 amide bonds. The lowest BCUT2D eigenvalue weighted by atomic mass is 10.2. The molecule has 2 aromatic heterocycles. The Hall–Kier alpha value is -3.48. The summed E-state index contributed by atoms with van der Waals surface area (Å²) in [6, 6.07) is 13.4. The maximum Gasteiger partial charge on any atom is 0.228 e. The third kappa shape index (κ3) is 4.82. The number of fused-ring (bicyclic) bond motifs is 1. The van der Waals surface area contributed by atoms with Gasteiger partial charge in [-0.15, -0.1) is 0 Å². The number of benzene rings is 1. The number of nitrogens with zero attached hydrogens (tertiary/aromatic N) is 5. The molecule has 0 spiro atoms. The molecule has 1 fully saturated rings. The zero-order chi connectivity index (χ0) is 23.2. The van der Waals surface area contributed by atoms with Crippen molar-refractivity contribution >= 4 is 17.4 Å². The van der Waals surface area contributed by atoms with Crippen LogP contribution in [-0.2, 0) is 17.6 Å². The van der Waals surface area contributed by atoms with E-state index in [9.17, 15) is 4.79 Å². The van der Waals surface area contributed by atoms with E-state index in [1.165, 1.54) is 5.56 Å². The van der Waals surface area contributed by atoms with E-state index in [1.54, 1.807) is 13.3 Å². The summed E-state index contributed by atoms with van der Waals surface area (Å²) in [4.78, 5) is 31.2. The molecule has 0 atom stereocenters. The van der Waals surface area contributed by atoms with Gasteiger partial charge >= 0.3 is 0 Å². The van der Waals surface area contributed by atoms with Gasteiger partial charge in [-0.05, 0) is 55.7 Å². The Labute approximate surface area is 195 Å². The number of pyridine rings is 1. The second-order valence-corrected chi connectivity index (χ2v) is 7.85. The molecule has 1 aliphatic carbocycles. The van der Waals surface area contributed by atoms with Crippen molar-refractivity contribution in [3.05, 3.63) is 59.9 Å². The average molecular weight is 446 g/mol. The highest BCUT2D eigenvalue weighted by Crippen LogP contribution is 2.32. The van der Waals surface area contributed by atoms with Crippen molar-refractivity contribution < 1.29 is 9.53 Å². The molecule has 0 bridgehead atoms. The zero-order valence-corrected chi connectivity index (χ0v) is 19.6. The molecule has 33 heavy (non-hydrogen) atoms. The van der Waals surface area contributed by atoms with E-state index in [2.05, 4.69) is 9.88 Å². The third-order valence-corrected chi connectivity index (χ3v) is 5.98. The van der Waals surface area contributed by atoms with Gasteiger partial charge in [-0.25, -0.2) is 9.97 Å². The van der Waals surface area contributed by atoms with Gasteiger partial charge in [0.25, 0.3) is 0 Å². The molecule has 1 aliphatic heterocycles. The summed E-state index contributed by atoms with van der Waals surface area (Å²) in [5.74, 6) is 2.54. The van der Waals surface area contributed by atoms with Crippen molar-refractivity contribution in [1.29, 1.82) is 0 Å². The zero-order valence-electron chi connectivity index (χ0n) is 19.6. The van der Waals surface area contributed by atoms with Crippen molar-refractivity contribution in [2.75, 3.05) is 36.5 Å². The highest BCUT2D eigenvalue weighted by Gasteiger charge is 2.28. The normalized spacial score (nSPS) is 15.4. The molecule has 2 aliphatic rings. The molecular formula is C26H31N5O2. The molecule has 5 rings (SSSR count). The Morgan fingerprint density at radius 2 is 1.73 bits per heavy atom. The Bertz CT molecular complexity index is 1090. The molecule has 3 heterocycles. The standard InChI is InChI=1S/C24H25N5O2.C2H6/c1-31-18-10-8-17(9-11-18)29-16-15-28(14-12-22(29)30)24-19-5-4-7-20(19)26-23(27-24)21-6-2-3-13-25-21;1-2/h2-3,6,8-11,13H,4-5,7,12,14-16H2,1H3;1-2H3. The fourth-order valence-electron chi connectivity index (χ4n) is 4.35. The fourth-order valence-corrected chi connectivity index (χ4v) is 4.35. The van der Waals surface area contributed by atoms with Gasteiger partial charge in [0.05, 0.1) is 7.11 Å². The third-order valence-electron chi connectivity index (χ3n) is 5.98. The highest BCUT2D eigenvalue weighted by atomic mass is 16.5. The molecule has 0 N–H and O–H groups in total. The topological polar surface area (TPSA) is 71.5 Å². The first-order valence-corrected chi connectivity index (χ1v) is 11.7. The fraction of sp³-hybridized carbons (Fsp3) is 0.385. The van der Waals surface area contributed by atoms with Gasteiger partial charge in [0, 0.05) is 49.2 Å². The number of aromatic nitrogens is 3. The first-order chi connectivity index (χ1) is 16.2. The number of aryl methyl sites for hydroxylation is 1. The molecule has 1 aromatic carbocycles. The second kappa shape index (κ2) is 10.4. The first kappa shape index (κ1) is 22.7. The number of ether oxygens (including phenoxy) is 1.